The zero-order valence-corrected chi connectivity index (χ0v) is 28.3. The van der Waals surface area contributed by atoms with Gasteiger partial charge in [0.2, 0.25) is 0 Å². The van der Waals surface area contributed by atoms with Crippen LogP contribution in [0, 0.1) is 0 Å². The molecule has 3 rings (SSSR count). The summed E-state index contributed by atoms with van der Waals surface area (Å²) in [5, 5.41) is 5.19. The highest BCUT2D eigenvalue weighted by Gasteiger charge is 2.22. The number of benzene rings is 2. The van der Waals surface area contributed by atoms with E-state index >= 15 is 0 Å². The fourth-order valence-corrected chi connectivity index (χ4v) is 6.33. The van der Waals surface area contributed by atoms with E-state index in [9.17, 15) is 4.79 Å². The van der Waals surface area contributed by atoms with Gasteiger partial charge in [0.15, 0.2) is 18.1 Å². The Labute approximate surface area is 266 Å². The number of carbonyl (C=O) groups is 1. The maximum absolute atomic E-state index is 12.9. The molecule has 0 aromatic heterocycles. The quantitative estimate of drug-likeness (QED) is 0.152. The first kappa shape index (κ1) is 34.9. The average molecular weight is 609 g/mol. The summed E-state index contributed by atoms with van der Waals surface area (Å²) < 4.78 is 12.4. The molecule has 238 valence electrons. The van der Waals surface area contributed by atoms with Gasteiger partial charge in [0.25, 0.3) is 5.91 Å². The van der Waals surface area contributed by atoms with Gasteiger partial charge in [-0.15, -0.1) is 11.8 Å². The Hall–Kier alpha value is -2.60. The van der Waals surface area contributed by atoms with Gasteiger partial charge in [-0.05, 0) is 47.9 Å². The van der Waals surface area contributed by atoms with Crippen LogP contribution in [0.1, 0.15) is 123 Å². The Kier molecular flexibility index (Phi) is 15.4. The van der Waals surface area contributed by atoms with Crippen molar-refractivity contribution in [3.63, 3.8) is 0 Å². The number of anilines is 1. The number of allylic oxidation sites excluding steroid dienone is 1. The summed E-state index contributed by atoms with van der Waals surface area (Å²) in [5.74, 6) is 2.18. The molecular formula is C37H56N2O3S. The highest BCUT2D eigenvalue weighted by atomic mass is 32.2. The van der Waals surface area contributed by atoms with E-state index in [1.54, 1.807) is 0 Å². The second kappa shape index (κ2) is 18.9. The third kappa shape index (κ3) is 12.9. The van der Waals surface area contributed by atoms with Gasteiger partial charge in [-0.2, -0.15) is 0 Å². The van der Waals surface area contributed by atoms with Gasteiger partial charge in [-0.25, -0.2) is 0 Å². The van der Waals surface area contributed by atoms with E-state index < -0.39 is 0 Å². The minimum absolute atomic E-state index is 0.0720. The van der Waals surface area contributed by atoms with Crippen molar-refractivity contribution in [1.29, 1.82) is 0 Å². The van der Waals surface area contributed by atoms with Gasteiger partial charge in [-0.1, -0.05) is 123 Å². The first-order valence-electron chi connectivity index (χ1n) is 16.6. The standard InChI is InChI=1S/C37H56N2O3S/c1-6-7-8-9-10-11-12-13-14-15-16-17-24-41-36-33(37(3,4)5)22-19-23-34(36)42-27-35(40)38-32-21-18-20-31(25-32)26-39-29-43-28-30(39)2/h18-23,25,28H,6-17,24,26-27,29H2,1-5H3,(H,38,40). The molecule has 2 aromatic rings. The maximum Gasteiger partial charge on any atom is 0.262 e. The lowest BCUT2D eigenvalue weighted by Crippen LogP contribution is -2.21. The van der Waals surface area contributed by atoms with E-state index in [0.717, 1.165) is 35.8 Å². The van der Waals surface area contributed by atoms with Crippen molar-refractivity contribution in [3.8, 4) is 11.5 Å². The number of hydrogen-bond acceptors (Lipinski definition) is 5. The SMILES string of the molecule is CCCCCCCCCCCCCCOc1c(OCC(=O)Nc2cccc(CN3CSC=C3C)c2)cccc1C(C)(C)C. The second-order valence-electron chi connectivity index (χ2n) is 12.9. The summed E-state index contributed by atoms with van der Waals surface area (Å²) in [7, 11) is 0. The van der Waals surface area contributed by atoms with Crippen molar-refractivity contribution >= 4 is 23.4 Å². The first-order chi connectivity index (χ1) is 20.8. The Morgan fingerprint density at radius 1 is 0.884 bits per heavy atom. The highest BCUT2D eigenvalue weighted by Crippen LogP contribution is 2.39. The number of nitrogens with zero attached hydrogens (tertiary/aromatic N) is 1. The molecule has 5 nitrogen and oxygen atoms in total. The van der Waals surface area contributed by atoms with E-state index in [-0.39, 0.29) is 17.9 Å². The Bertz CT molecular complexity index is 1140. The van der Waals surface area contributed by atoms with Crippen LogP contribution in [0.15, 0.2) is 53.6 Å². The zero-order chi connectivity index (χ0) is 30.9. The molecule has 1 N–H and O–H groups in total. The van der Waals surface area contributed by atoms with Crippen LogP contribution in [-0.4, -0.2) is 29.9 Å². The zero-order valence-electron chi connectivity index (χ0n) is 27.5. The van der Waals surface area contributed by atoms with Crippen molar-refractivity contribution in [3.05, 3.63) is 64.7 Å². The molecule has 0 saturated heterocycles. The minimum atomic E-state index is -0.182. The van der Waals surface area contributed by atoms with Crippen LogP contribution in [0.4, 0.5) is 5.69 Å². The summed E-state index contributed by atoms with van der Waals surface area (Å²) >= 11 is 1.81. The van der Waals surface area contributed by atoms with Crippen LogP contribution in [0.3, 0.4) is 0 Å². The molecule has 6 heteroatoms. The number of rotatable bonds is 20. The molecule has 0 spiro atoms. The van der Waals surface area contributed by atoms with Gasteiger partial charge >= 0.3 is 0 Å². The fourth-order valence-electron chi connectivity index (χ4n) is 5.39. The molecule has 0 unspecified atom stereocenters. The number of hydrogen-bond donors (Lipinski definition) is 1. The van der Waals surface area contributed by atoms with Gasteiger partial charge in [0.1, 0.15) is 0 Å². The molecule has 1 heterocycles. The maximum atomic E-state index is 12.9. The van der Waals surface area contributed by atoms with E-state index in [2.05, 4.69) is 62.4 Å². The molecule has 43 heavy (non-hydrogen) atoms. The predicted octanol–water partition coefficient (Wildman–Crippen LogP) is 10.4. The first-order valence-corrected chi connectivity index (χ1v) is 17.6. The Morgan fingerprint density at radius 2 is 1.53 bits per heavy atom. The minimum Gasteiger partial charge on any atom is -0.489 e. The lowest BCUT2D eigenvalue weighted by Gasteiger charge is -2.24. The molecule has 0 atom stereocenters. The molecular weight excluding hydrogens is 552 g/mol. The fraction of sp³-hybridized carbons (Fsp3) is 0.595. The number of ether oxygens (including phenoxy) is 2. The number of unbranched alkanes of at least 4 members (excludes halogenated alkanes) is 11. The van der Waals surface area contributed by atoms with Crippen LogP contribution >= 0.6 is 11.8 Å². The topological polar surface area (TPSA) is 50.8 Å². The third-order valence-electron chi connectivity index (χ3n) is 7.96. The number of para-hydroxylation sites is 1. The summed E-state index contributed by atoms with van der Waals surface area (Å²) in [5.41, 5.74) is 4.23. The second-order valence-corrected chi connectivity index (χ2v) is 13.7. The monoisotopic (exact) mass is 608 g/mol. The normalized spacial score (nSPS) is 13.2. The number of thioether (sulfide) groups is 1. The van der Waals surface area contributed by atoms with Crippen molar-refractivity contribution in [2.75, 3.05) is 24.4 Å². The molecule has 1 aliphatic heterocycles. The van der Waals surface area contributed by atoms with E-state index in [1.807, 2.05) is 42.1 Å². The van der Waals surface area contributed by atoms with Crippen LogP contribution in [0.5, 0.6) is 11.5 Å². The van der Waals surface area contributed by atoms with Crippen molar-refractivity contribution in [1.82, 2.24) is 4.90 Å². The summed E-state index contributed by atoms with van der Waals surface area (Å²) in [6.45, 7) is 12.4. The third-order valence-corrected chi connectivity index (χ3v) is 8.93. The predicted molar refractivity (Wildman–Crippen MR) is 184 cm³/mol. The molecule has 1 aliphatic rings. The smallest absolute Gasteiger partial charge is 0.262 e. The van der Waals surface area contributed by atoms with Crippen molar-refractivity contribution in [2.45, 2.75) is 124 Å². The summed E-state index contributed by atoms with van der Waals surface area (Å²) in [4.78, 5) is 15.2. The van der Waals surface area contributed by atoms with Crippen LogP contribution in [-0.2, 0) is 16.8 Å². The van der Waals surface area contributed by atoms with Crippen LogP contribution in [0.2, 0.25) is 0 Å². The van der Waals surface area contributed by atoms with Gasteiger partial charge in [0, 0.05) is 23.5 Å². The van der Waals surface area contributed by atoms with Crippen molar-refractivity contribution < 1.29 is 14.3 Å². The highest BCUT2D eigenvalue weighted by molar-refractivity contribution is 8.02. The molecule has 0 radical (unpaired) electrons. The molecule has 0 bridgehead atoms. The average Bonchev–Trinajstić information content (AvgIpc) is 3.38. The number of amides is 1. The van der Waals surface area contributed by atoms with E-state index in [4.69, 9.17) is 9.47 Å². The Balaban J connectivity index is 1.44. The lowest BCUT2D eigenvalue weighted by molar-refractivity contribution is -0.118. The van der Waals surface area contributed by atoms with Crippen LogP contribution < -0.4 is 14.8 Å². The number of carbonyl (C=O) groups excluding carboxylic acids is 1. The van der Waals surface area contributed by atoms with Gasteiger partial charge in [0.05, 0.1) is 12.5 Å². The molecule has 1 amide bonds. The largest absolute Gasteiger partial charge is 0.489 e. The molecule has 0 aliphatic carbocycles. The van der Waals surface area contributed by atoms with Gasteiger partial charge in [-0.3, -0.25) is 4.79 Å². The van der Waals surface area contributed by atoms with Crippen molar-refractivity contribution in [2.24, 2.45) is 0 Å². The Morgan fingerprint density at radius 3 is 2.16 bits per heavy atom. The molecule has 0 saturated carbocycles. The number of nitrogens with one attached hydrogen (secondary N) is 1. The van der Waals surface area contributed by atoms with E-state index in [1.165, 1.54) is 81.9 Å². The summed E-state index contributed by atoms with van der Waals surface area (Å²) in [6, 6.07) is 14.0. The van der Waals surface area contributed by atoms with Crippen LogP contribution in [0.25, 0.3) is 0 Å². The lowest BCUT2D eigenvalue weighted by atomic mass is 9.86. The van der Waals surface area contributed by atoms with E-state index in [0.29, 0.717) is 12.4 Å². The summed E-state index contributed by atoms with van der Waals surface area (Å²) in [6.07, 6.45) is 15.8. The molecule has 0 fully saturated rings. The molecule has 2 aromatic carbocycles. The van der Waals surface area contributed by atoms with Gasteiger partial charge < -0.3 is 19.7 Å².